The number of sulfone groups is 1. The number of aliphatic hydroxyl groups is 1. The standard InChI is InChI=1S/C12H16ClNO3S/c13-10-3-1-9(2-4-10)12(15)7-14-11-5-6-18(16,17)8-11/h1-4,11-12,14-15H,5-8H2. The van der Waals surface area contributed by atoms with Crippen LogP contribution in [0.4, 0.5) is 0 Å². The van der Waals surface area contributed by atoms with Gasteiger partial charge >= 0.3 is 0 Å². The molecule has 2 N–H and O–H groups in total. The average Bonchev–Trinajstić information content (AvgIpc) is 2.67. The summed E-state index contributed by atoms with van der Waals surface area (Å²) in [6.45, 7) is 0.349. The van der Waals surface area contributed by atoms with Crippen molar-refractivity contribution in [3.05, 3.63) is 34.9 Å². The first kappa shape index (κ1) is 13.8. The van der Waals surface area contributed by atoms with Gasteiger partial charge in [0.25, 0.3) is 0 Å². The van der Waals surface area contributed by atoms with Crippen molar-refractivity contribution in [1.82, 2.24) is 5.32 Å². The summed E-state index contributed by atoms with van der Waals surface area (Å²) in [6.07, 6.45) is -0.0269. The summed E-state index contributed by atoms with van der Waals surface area (Å²) in [5.41, 5.74) is 0.771. The molecule has 0 radical (unpaired) electrons. The van der Waals surface area contributed by atoms with Gasteiger partial charge in [-0.2, -0.15) is 0 Å². The Kier molecular flexibility index (Phi) is 4.27. The van der Waals surface area contributed by atoms with Gasteiger partial charge in [0.2, 0.25) is 0 Å². The van der Waals surface area contributed by atoms with Gasteiger partial charge in [-0.1, -0.05) is 23.7 Å². The Morgan fingerprint density at radius 3 is 2.61 bits per heavy atom. The van der Waals surface area contributed by atoms with E-state index in [1.165, 1.54) is 0 Å². The number of hydrogen-bond donors (Lipinski definition) is 2. The molecule has 1 saturated heterocycles. The van der Waals surface area contributed by atoms with Gasteiger partial charge in [0.05, 0.1) is 17.6 Å². The molecule has 4 nitrogen and oxygen atoms in total. The lowest BCUT2D eigenvalue weighted by atomic mass is 10.1. The van der Waals surface area contributed by atoms with Gasteiger partial charge in [-0.3, -0.25) is 0 Å². The maximum Gasteiger partial charge on any atom is 0.151 e. The van der Waals surface area contributed by atoms with Crippen LogP contribution in [0.25, 0.3) is 0 Å². The lowest BCUT2D eigenvalue weighted by Gasteiger charge is -2.15. The van der Waals surface area contributed by atoms with E-state index < -0.39 is 15.9 Å². The third-order valence-corrected chi connectivity index (χ3v) is 5.11. The largest absolute Gasteiger partial charge is 0.387 e. The van der Waals surface area contributed by atoms with Crippen molar-refractivity contribution in [1.29, 1.82) is 0 Å². The van der Waals surface area contributed by atoms with Crippen molar-refractivity contribution in [2.45, 2.75) is 18.6 Å². The molecule has 0 bridgehead atoms. The average molecular weight is 290 g/mol. The van der Waals surface area contributed by atoms with Crippen LogP contribution in [0.3, 0.4) is 0 Å². The molecule has 2 rings (SSSR count). The van der Waals surface area contributed by atoms with Crippen LogP contribution >= 0.6 is 11.6 Å². The quantitative estimate of drug-likeness (QED) is 0.873. The maximum absolute atomic E-state index is 11.3. The fourth-order valence-corrected chi connectivity index (χ4v) is 3.87. The highest BCUT2D eigenvalue weighted by atomic mass is 35.5. The van der Waals surface area contributed by atoms with Crippen molar-refractivity contribution >= 4 is 21.4 Å². The third-order valence-electron chi connectivity index (χ3n) is 3.09. The van der Waals surface area contributed by atoms with E-state index in [0.717, 1.165) is 5.56 Å². The Morgan fingerprint density at radius 2 is 2.06 bits per heavy atom. The van der Waals surface area contributed by atoms with E-state index in [4.69, 9.17) is 11.6 Å². The Balaban J connectivity index is 1.85. The molecule has 0 aromatic heterocycles. The van der Waals surface area contributed by atoms with Crippen LogP contribution in [-0.4, -0.2) is 37.6 Å². The molecule has 1 aliphatic rings. The first-order valence-electron chi connectivity index (χ1n) is 5.83. The lowest BCUT2D eigenvalue weighted by molar-refractivity contribution is 0.171. The van der Waals surface area contributed by atoms with Gasteiger partial charge in [0.15, 0.2) is 9.84 Å². The van der Waals surface area contributed by atoms with Crippen LogP contribution in [0.2, 0.25) is 5.02 Å². The second-order valence-corrected chi connectivity index (χ2v) is 7.24. The van der Waals surface area contributed by atoms with Crippen LogP contribution in [0.1, 0.15) is 18.1 Å². The predicted molar refractivity (Wildman–Crippen MR) is 71.5 cm³/mol. The van der Waals surface area contributed by atoms with E-state index in [1.54, 1.807) is 24.3 Å². The van der Waals surface area contributed by atoms with Crippen molar-refractivity contribution in [3.63, 3.8) is 0 Å². The highest BCUT2D eigenvalue weighted by Crippen LogP contribution is 2.17. The second-order valence-electron chi connectivity index (χ2n) is 4.58. The Morgan fingerprint density at radius 1 is 1.39 bits per heavy atom. The summed E-state index contributed by atoms with van der Waals surface area (Å²) in [7, 11) is -2.88. The predicted octanol–water partition coefficient (Wildman–Crippen LogP) is 1.15. The molecule has 100 valence electrons. The third kappa shape index (κ3) is 3.68. The van der Waals surface area contributed by atoms with Crippen molar-refractivity contribution in [3.8, 4) is 0 Å². The molecule has 0 saturated carbocycles. The number of aliphatic hydroxyl groups excluding tert-OH is 1. The molecular weight excluding hydrogens is 274 g/mol. The molecule has 18 heavy (non-hydrogen) atoms. The Labute approximate surface area is 112 Å². The maximum atomic E-state index is 11.3. The number of hydrogen-bond acceptors (Lipinski definition) is 4. The summed E-state index contributed by atoms with van der Waals surface area (Å²) in [4.78, 5) is 0. The van der Waals surface area contributed by atoms with Crippen LogP contribution in [0.5, 0.6) is 0 Å². The molecule has 6 heteroatoms. The fourth-order valence-electron chi connectivity index (χ4n) is 2.04. The molecule has 1 aromatic rings. The molecule has 2 unspecified atom stereocenters. The molecule has 1 fully saturated rings. The fraction of sp³-hybridized carbons (Fsp3) is 0.500. The van der Waals surface area contributed by atoms with Gasteiger partial charge in [-0.05, 0) is 24.1 Å². The van der Waals surface area contributed by atoms with E-state index in [9.17, 15) is 13.5 Å². The minimum atomic E-state index is -2.88. The first-order chi connectivity index (χ1) is 8.46. The van der Waals surface area contributed by atoms with Gasteiger partial charge in [-0.25, -0.2) is 8.42 Å². The van der Waals surface area contributed by atoms with E-state index in [1.807, 2.05) is 0 Å². The molecule has 1 aromatic carbocycles. The van der Waals surface area contributed by atoms with Gasteiger partial charge < -0.3 is 10.4 Å². The van der Waals surface area contributed by atoms with Crippen LogP contribution < -0.4 is 5.32 Å². The van der Waals surface area contributed by atoms with E-state index in [2.05, 4.69) is 5.32 Å². The SMILES string of the molecule is O=S1(=O)CCC(NCC(O)c2ccc(Cl)cc2)C1. The lowest BCUT2D eigenvalue weighted by Crippen LogP contribution is -2.33. The van der Waals surface area contributed by atoms with Crippen LogP contribution in [0.15, 0.2) is 24.3 Å². The summed E-state index contributed by atoms with van der Waals surface area (Å²) >= 11 is 5.76. The molecule has 1 heterocycles. The number of nitrogens with one attached hydrogen (secondary N) is 1. The van der Waals surface area contributed by atoms with Crippen LogP contribution in [-0.2, 0) is 9.84 Å². The highest BCUT2D eigenvalue weighted by molar-refractivity contribution is 7.91. The molecule has 0 aliphatic carbocycles. The van der Waals surface area contributed by atoms with Gasteiger partial charge in [-0.15, -0.1) is 0 Å². The van der Waals surface area contributed by atoms with Crippen molar-refractivity contribution < 1.29 is 13.5 Å². The second kappa shape index (κ2) is 5.57. The Bertz CT molecular complexity index is 501. The summed E-state index contributed by atoms with van der Waals surface area (Å²) in [5.74, 6) is 0.405. The van der Waals surface area contributed by atoms with Crippen molar-refractivity contribution in [2.24, 2.45) is 0 Å². The summed E-state index contributed by atoms with van der Waals surface area (Å²) in [5, 5.41) is 13.7. The number of rotatable bonds is 4. The highest BCUT2D eigenvalue weighted by Gasteiger charge is 2.27. The topological polar surface area (TPSA) is 66.4 Å². The molecule has 0 amide bonds. The summed E-state index contributed by atoms with van der Waals surface area (Å²) in [6, 6.07) is 6.93. The first-order valence-corrected chi connectivity index (χ1v) is 8.03. The van der Waals surface area contributed by atoms with E-state index in [-0.39, 0.29) is 17.5 Å². The Hall–Kier alpha value is -0.620. The normalized spacial score (nSPS) is 24.0. The molecule has 0 spiro atoms. The van der Waals surface area contributed by atoms with Gasteiger partial charge in [0, 0.05) is 17.6 Å². The zero-order chi connectivity index (χ0) is 13.2. The van der Waals surface area contributed by atoms with E-state index >= 15 is 0 Å². The monoisotopic (exact) mass is 289 g/mol. The minimum absolute atomic E-state index is 0.0445. The van der Waals surface area contributed by atoms with Crippen molar-refractivity contribution in [2.75, 3.05) is 18.1 Å². The molecular formula is C12H16ClNO3S. The minimum Gasteiger partial charge on any atom is -0.387 e. The summed E-state index contributed by atoms with van der Waals surface area (Å²) < 4.78 is 22.6. The molecule has 2 atom stereocenters. The molecule has 1 aliphatic heterocycles. The zero-order valence-corrected chi connectivity index (χ0v) is 11.4. The number of benzene rings is 1. The zero-order valence-electron chi connectivity index (χ0n) is 9.84. The van der Waals surface area contributed by atoms with Crippen LogP contribution in [0, 0.1) is 0 Å². The smallest absolute Gasteiger partial charge is 0.151 e. The van der Waals surface area contributed by atoms with Gasteiger partial charge in [0.1, 0.15) is 0 Å². The number of halogens is 1. The van der Waals surface area contributed by atoms with E-state index in [0.29, 0.717) is 18.0 Å².